The van der Waals surface area contributed by atoms with Crippen molar-refractivity contribution in [1.29, 1.82) is 0 Å². The molecule has 0 spiro atoms. The first kappa shape index (κ1) is 14.8. The highest BCUT2D eigenvalue weighted by molar-refractivity contribution is 5.77. The number of amides is 1. The molecule has 2 N–H and O–H groups in total. The summed E-state index contributed by atoms with van der Waals surface area (Å²) in [5, 5.41) is 0. The zero-order chi connectivity index (χ0) is 13.7. The van der Waals surface area contributed by atoms with Gasteiger partial charge in [0, 0.05) is 38.1 Å². The van der Waals surface area contributed by atoms with E-state index in [4.69, 9.17) is 5.73 Å². The van der Waals surface area contributed by atoms with Crippen LogP contribution in [0.5, 0.6) is 0 Å². The van der Waals surface area contributed by atoms with Gasteiger partial charge < -0.3 is 10.6 Å². The second-order valence-electron chi connectivity index (χ2n) is 6.12. The molecule has 4 heteroatoms. The molecule has 0 aliphatic carbocycles. The van der Waals surface area contributed by atoms with E-state index in [1.54, 1.807) is 0 Å². The van der Waals surface area contributed by atoms with Crippen LogP contribution >= 0.6 is 0 Å². The number of carbonyl (C=O) groups excluding carboxylic acids is 1. The predicted molar refractivity (Wildman–Crippen MR) is 77.9 cm³/mol. The van der Waals surface area contributed by atoms with Gasteiger partial charge in [0.2, 0.25) is 5.91 Å². The van der Waals surface area contributed by atoms with Crippen molar-refractivity contribution in [2.45, 2.75) is 64.0 Å². The van der Waals surface area contributed by atoms with Crippen molar-refractivity contribution < 1.29 is 4.79 Å². The van der Waals surface area contributed by atoms with E-state index in [1.807, 2.05) is 4.90 Å². The third-order valence-electron chi connectivity index (χ3n) is 4.71. The molecule has 2 saturated heterocycles. The Kier molecular flexibility index (Phi) is 5.64. The van der Waals surface area contributed by atoms with Crippen LogP contribution in [-0.4, -0.2) is 54.0 Å². The van der Waals surface area contributed by atoms with E-state index in [2.05, 4.69) is 11.8 Å². The van der Waals surface area contributed by atoms with Crippen molar-refractivity contribution in [2.24, 2.45) is 5.73 Å². The number of nitrogens with zero attached hydrogens (tertiary/aromatic N) is 2. The van der Waals surface area contributed by atoms with Crippen LogP contribution in [0.25, 0.3) is 0 Å². The van der Waals surface area contributed by atoms with E-state index >= 15 is 0 Å². The maximum atomic E-state index is 12.3. The molecule has 2 aliphatic heterocycles. The van der Waals surface area contributed by atoms with Gasteiger partial charge in [-0.2, -0.15) is 0 Å². The summed E-state index contributed by atoms with van der Waals surface area (Å²) >= 11 is 0. The van der Waals surface area contributed by atoms with E-state index in [1.165, 1.54) is 38.5 Å². The van der Waals surface area contributed by atoms with Crippen molar-refractivity contribution in [2.75, 3.05) is 26.2 Å². The lowest BCUT2D eigenvalue weighted by molar-refractivity contribution is -0.131. The molecule has 2 unspecified atom stereocenters. The number of likely N-dealkylation sites (tertiary alicyclic amines) is 2. The third-order valence-corrected chi connectivity index (χ3v) is 4.71. The maximum Gasteiger partial charge on any atom is 0.224 e. The molecule has 2 heterocycles. The molecule has 0 bridgehead atoms. The first-order chi connectivity index (χ1) is 9.22. The van der Waals surface area contributed by atoms with Crippen molar-refractivity contribution in [3.63, 3.8) is 0 Å². The fourth-order valence-corrected chi connectivity index (χ4v) is 3.47. The summed E-state index contributed by atoms with van der Waals surface area (Å²) in [4.78, 5) is 16.8. The van der Waals surface area contributed by atoms with Crippen LogP contribution in [0.3, 0.4) is 0 Å². The number of nitrogens with two attached hydrogens (primary N) is 1. The Balaban J connectivity index is 1.92. The van der Waals surface area contributed by atoms with Crippen LogP contribution in [0.15, 0.2) is 0 Å². The SMILES string of the molecule is CC1CCCCCN1C(CN)CC(=O)N1CCCC1. The monoisotopic (exact) mass is 267 g/mol. The quantitative estimate of drug-likeness (QED) is 0.841. The van der Waals surface area contributed by atoms with Crippen molar-refractivity contribution in [1.82, 2.24) is 9.80 Å². The Morgan fingerprint density at radius 1 is 1.16 bits per heavy atom. The topological polar surface area (TPSA) is 49.6 Å². The second-order valence-corrected chi connectivity index (χ2v) is 6.12. The van der Waals surface area contributed by atoms with Gasteiger partial charge in [-0.05, 0) is 39.2 Å². The maximum absolute atomic E-state index is 12.3. The summed E-state index contributed by atoms with van der Waals surface area (Å²) < 4.78 is 0. The van der Waals surface area contributed by atoms with E-state index < -0.39 is 0 Å². The molecule has 1 amide bonds. The summed E-state index contributed by atoms with van der Waals surface area (Å²) in [5.74, 6) is 0.310. The number of rotatable bonds is 4. The smallest absolute Gasteiger partial charge is 0.224 e. The van der Waals surface area contributed by atoms with Gasteiger partial charge in [-0.15, -0.1) is 0 Å². The highest BCUT2D eigenvalue weighted by Crippen LogP contribution is 2.21. The highest BCUT2D eigenvalue weighted by Gasteiger charge is 2.28. The summed E-state index contributed by atoms with van der Waals surface area (Å²) in [6.45, 7) is 5.89. The van der Waals surface area contributed by atoms with Gasteiger partial charge in [0.25, 0.3) is 0 Å². The molecular weight excluding hydrogens is 238 g/mol. The van der Waals surface area contributed by atoms with Crippen LogP contribution < -0.4 is 5.73 Å². The molecule has 2 aliphatic rings. The second kappa shape index (κ2) is 7.25. The fourth-order valence-electron chi connectivity index (χ4n) is 3.47. The van der Waals surface area contributed by atoms with E-state index in [9.17, 15) is 4.79 Å². The molecule has 2 atom stereocenters. The average molecular weight is 267 g/mol. The van der Waals surface area contributed by atoms with Crippen molar-refractivity contribution in [3.8, 4) is 0 Å². The lowest BCUT2D eigenvalue weighted by Crippen LogP contribution is -2.48. The standard InChI is InChI=1S/C15H29N3O/c1-13-7-3-2-4-10-18(13)14(12-16)11-15(19)17-8-5-6-9-17/h13-14H,2-12,16H2,1H3. The zero-order valence-electron chi connectivity index (χ0n) is 12.3. The molecule has 0 aromatic carbocycles. The first-order valence-electron chi connectivity index (χ1n) is 7.96. The largest absolute Gasteiger partial charge is 0.343 e. The predicted octanol–water partition coefficient (Wildman–Crippen LogP) is 1.59. The Morgan fingerprint density at radius 2 is 1.84 bits per heavy atom. The van der Waals surface area contributed by atoms with Crippen LogP contribution in [0.1, 0.15) is 51.9 Å². The number of hydrogen-bond acceptors (Lipinski definition) is 3. The summed E-state index contributed by atoms with van der Waals surface area (Å²) in [6.07, 6.45) is 8.07. The Bertz CT molecular complexity index is 289. The average Bonchev–Trinajstić information content (AvgIpc) is 2.86. The lowest BCUT2D eigenvalue weighted by Gasteiger charge is -2.35. The highest BCUT2D eigenvalue weighted by atomic mass is 16.2. The first-order valence-corrected chi connectivity index (χ1v) is 7.96. The molecule has 2 fully saturated rings. The lowest BCUT2D eigenvalue weighted by atomic mass is 10.1. The van der Waals surface area contributed by atoms with Crippen molar-refractivity contribution >= 4 is 5.91 Å². The Labute approximate surface area is 117 Å². The van der Waals surface area contributed by atoms with Gasteiger partial charge in [0.05, 0.1) is 0 Å². The Hall–Kier alpha value is -0.610. The van der Waals surface area contributed by atoms with E-state index in [0.717, 1.165) is 19.6 Å². The normalized spacial score (nSPS) is 27.3. The molecule has 2 rings (SSSR count). The summed E-state index contributed by atoms with van der Waals surface area (Å²) in [5.41, 5.74) is 5.95. The van der Waals surface area contributed by atoms with Gasteiger partial charge >= 0.3 is 0 Å². The third kappa shape index (κ3) is 3.93. The van der Waals surface area contributed by atoms with Gasteiger partial charge in [-0.1, -0.05) is 12.8 Å². The van der Waals surface area contributed by atoms with Crippen molar-refractivity contribution in [3.05, 3.63) is 0 Å². The zero-order valence-corrected chi connectivity index (χ0v) is 12.3. The van der Waals surface area contributed by atoms with E-state index in [-0.39, 0.29) is 6.04 Å². The molecular formula is C15H29N3O. The molecule has 0 radical (unpaired) electrons. The minimum atomic E-state index is 0.237. The number of hydrogen-bond donors (Lipinski definition) is 1. The van der Waals surface area contributed by atoms with Gasteiger partial charge in [-0.25, -0.2) is 0 Å². The minimum absolute atomic E-state index is 0.237. The van der Waals surface area contributed by atoms with Crippen LogP contribution in [0, 0.1) is 0 Å². The summed E-state index contributed by atoms with van der Waals surface area (Å²) in [6, 6.07) is 0.809. The van der Waals surface area contributed by atoms with Gasteiger partial charge in [0.15, 0.2) is 0 Å². The van der Waals surface area contributed by atoms with Crippen LogP contribution in [0.2, 0.25) is 0 Å². The van der Waals surface area contributed by atoms with Gasteiger partial charge in [0.1, 0.15) is 0 Å². The molecule has 0 saturated carbocycles. The van der Waals surface area contributed by atoms with E-state index in [0.29, 0.717) is 24.9 Å². The van der Waals surface area contributed by atoms with Crippen LogP contribution in [-0.2, 0) is 4.79 Å². The molecule has 4 nitrogen and oxygen atoms in total. The Morgan fingerprint density at radius 3 is 2.53 bits per heavy atom. The van der Waals surface area contributed by atoms with Crippen LogP contribution in [0.4, 0.5) is 0 Å². The molecule has 110 valence electrons. The summed E-state index contributed by atoms with van der Waals surface area (Å²) in [7, 11) is 0. The number of carbonyl (C=O) groups is 1. The molecule has 0 aromatic heterocycles. The molecule has 19 heavy (non-hydrogen) atoms. The molecule has 0 aromatic rings. The minimum Gasteiger partial charge on any atom is -0.343 e. The van der Waals surface area contributed by atoms with Gasteiger partial charge in [-0.3, -0.25) is 9.69 Å². The fraction of sp³-hybridized carbons (Fsp3) is 0.933.